The number of nitrogens with zero attached hydrogens (tertiary/aromatic N) is 3. The minimum absolute atomic E-state index is 0.0713. The fourth-order valence-electron chi connectivity index (χ4n) is 3.14. The second-order valence-electron chi connectivity index (χ2n) is 6.48. The topological polar surface area (TPSA) is 104 Å². The zero-order chi connectivity index (χ0) is 17.8. The summed E-state index contributed by atoms with van der Waals surface area (Å²) in [6.07, 6.45) is 2.35. The van der Waals surface area contributed by atoms with Crippen LogP contribution < -0.4 is 5.56 Å². The number of aryl methyl sites for hydroxylation is 2. The van der Waals surface area contributed by atoms with Crippen LogP contribution in [0.15, 0.2) is 17.2 Å². The summed E-state index contributed by atoms with van der Waals surface area (Å²) < 4.78 is 5.65. The van der Waals surface area contributed by atoms with E-state index in [9.17, 15) is 9.59 Å². The summed E-state index contributed by atoms with van der Waals surface area (Å²) in [5.41, 5.74) is 3.30. The lowest BCUT2D eigenvalue weighted by Gasteiger charge is -2.23. The highest BCUT2D eigenvalue weighted by Crippen LogP contribution is 2.15. The number of H-pyrrole nitrogens is 2. The predicted octanol–water partition coefficient (Wildman–Crippen LogP) is 0.370. The minimum Gasteiger partial charge on any atom is -0.379 e. The highest BCUT2D eigenvalue weighted by Gasteiger charge is 2.24. The van der Waals surface area contributed by atoms with Crippen molar-refractivity contribution in [2.75, 3.05) is 26.3 Å². The number of ether oxygens (including phenoxy) is 1. The highest BCUT2D eigenvalue weighted by molar-refractivity contribution is 5.79. The van der Waals surface area contributed by atoms with Gasteiger partial charge in [-0.2, -0.15) is 5.10 Å². The molecule has 1 fully saturated rings. The van der Waals surface area contributed by atoms with E-state index >= 15 is 0 Å². The molecular weight excluding hydrogens is 322 g/mol. The van der Waals surface area contributed by atoms with E-state index in [0.29, 0.717) is 44.8 Å². The summed E-state index contributed by atoms with van der Waals surface area (Å²) in [4.78, 5) is 32.7. The Morgan fingerprint density at radius 1 is 1.44 bits per heavy atom. The van der Waals surface area contributed by atoms with E-state index in [1.807, 2.05) is 18.7 Å². The minimum atomic E-state index is -0.168. The van der Waals surface area contributed by atoms with Crippen molar-refractivity contribution in [3.63, 3.8) is 0 Å². The van der Waals surface area contributed by atoms with Crippen molar-refractivity contribution in [1.82, 2.24) is 25.1 Å². The third-order valence-electron chi connectivity index (χ3n) is 4.53. The van der Waals surface area contributed by atoms with Gasteiger partial charge < -0.3 is 14.6 Å². The standard InChI is InChI=1S/C17H23N5O3/c1-11-15(12(2)21-20-11)7-17(24)22-3-4-25-9-13(8-22)5-14-6-16(23)19-10-18-14/h6,10,13H,3-5,7-9H2,1-2H3,(H,20,21)(H,18,19,23)/t13-/m0/s1. The Morgan fingerprint density at radius 2 is 2.28 bits per heavy atom. The number of hydrogen-bond acceptors (Lipinski definition) is 5. The summed E-state index contributed by atoms with van der Waals surface area (Å²) in [5.74, 6) is 0.189. The second-order valence-corrected chi connectivity index (χ2v) is 6.48. The molecule has 0 aliphatic carbocycles. The fourth-order valence-corrected chi connectivity index (χ4v) is 3.14. The number of amides is 1. The molecule has 0 spiro atoms. The molecule has 1 amide bonds. The van der Waals surface area contributed by atoms with Crippen LogP contribution in [-0.4, -0.2) is 57.3 Å². The quantitative estimate of drug-likeness (QED) is 0.833. The van der Waals surface area contributed by atoms with Crippen LogP contribution in [0.25, 0.3) is 0 Å². The number of aromatic amines is 2. The van der Waals surface area contributed by atoms with E-state index < -0.39 is 0 Å². The summed E-state index contributed by atoms with van der Waals surface area (Å²) in [6, 6.07) is 1.50. The van der Waals surface area contributed by atoms with E-state index in [0.717, 1.165) is 17.0 Å². The number of nitrogens with one attached hydrogen (secondary N) is 2. The van der Waals surface area contributed by atoms with Crippen LogP contribution in [0.4, 0.5) is 0 Å². The molecule has 0 radical (unpaired) electrons. The Kier molecular flexibility index (Phi) is 5.28. The number of carbonyl (C=O) groups is 1. The van der Waals surface area contributed by atoms with Gasteiger partial charge in [0.05, 0.1) is 31.7 Å². The van der Waals surface area contributed by atoms with Gasteiger partial charge in [0.1, 0.15) is 0 Å². The van der Waals surface area contributed by atoms with Crippen LogP contribution in [-0.2, 0) is 22.4 Å². The van der Waals surface area contributed by atoms with Gasteiger partial charge in [-0.15, -0.1) is 0 Å². The lowest BCUT2D eigenvalue weighted by atomic mass is 10.0. The molecule has 2 N–H and O–H groups in total. The summed E-state index contributed by atoms with van der Waals surface area (Å²) >= 11 is 0. The van der Waals surface area contributed by atoms with E-state index in [1.54, 1.807) is 0 Å². The summed E-state index contributed by atoms with van der Waals surface area (Å²) in [6.45, 7) is 6.09. The zero-order valence-corrected chi connectivity index (χ0v) is 14.5. The van der Waals surface area contributed by atoms with Crippen LogP contribution in [0.5, 0.6) is 0 Å². The Balaban J connectivity index is 1.67. The average Bonchev–Trinajstić information content (AvgIpc) is 2.78. The number of aromatic nitrogens is 4. The summed E-state index contributed by atoms with van der Waals surface area (Å²) in [7, 11) is 0. The first-order chi connectivity index (χ1) is 12.0. The molecular formula is C17H23N5O3. The molecule has 1 atom stereocenters. The average molecular weight is 345 g/mol. The van der Waals surface area contributed by atoms with Gasteiger partial charge in [0, 0.05) is 42.0 Å². The van der Waals surface area contributed by atoms with Gasteiger partial charge in [0.25, 0.3) is 5.56 Å². The Morgan fingerprint density at radius 3 is 3.00 bits per heavy atom. The molecule has 8 heteroatoms. The van der Waals surface area contributed by atoms with Crippen LogP contribution in [0.2, 0.25) is 0 Å². The zero-order valence-electron chi connectivity index (χ0n) is 14.5. The number of rotatable bonds is 4. The van der Waals surface area contributed by atoms with Gasteiger partial charge in [-0.1, -0.05) is 0 Å². The van der Waals surface area contributed by atoms with E-state index in [4.69, 9.17) is 4.74 Å². The van der Waals surface area contributed by atoms with Gasteiger partial charge in [-0.3, -0.25) is 14.7 Å². The first-order valence-electron chi connectivity index (χ1n) is 8.42. The molecule has 0 unspecified atom stereocenters. The maximum absolute atomic E-state index is 12.7. The monoisotopic (exact) mass is 345 g/mol. The predicted molar refractivity (Wildman–Crippen MR) is 91.2 cm³/mol. The molecule has 134 valence electrons. The Labute approximate surface area is 145 Å². The molecule has 0 aromatic carbocycles. The SMILES string of the molecule is Cc1n[nH]c(C)c1CC(=O)N1CCOC[C@@H](Cc2cc(=O)[nH]cn2)C1. The maximum atomic E-state index is 12.7. The molecule has 2 aromatic heterocycles. The molecule has 1 saturated heterocycles. The molecule has 3 heterocycles. The smallest absolute Gasteiger partial charge is 0.250 e. The van der Waals surface area contributed by atoms with Crippen LogP contribution in [0, 0.1) is 19.8 Å². The van der Waals surface area contributed by atoms with E-state index in [2.05, 4.69) is 20.2 Å². The van der Waals surface area contributed by atoms with Gasteiger partial charge in [-0.05, 0) is 20.3 Å². The molecule has 0 bridgehead atoms. The Bertz CT molecular complexity index is 778. The molecule has 3 rings (SSSR count). The van der Waals surface area contributed by atoms with Gasteiger partial charge in [0.15, 0.2) is 0 Å². The van der Waals surface area contributed by atoms with Crippen molar-refractivity contribution in [3.05, 3.63) is 45.4 Å². The first kappa shape index (κ1) is 17.3. The van der Waals surface area contributed by atoms with Crippen molar-refractivity contribution in [1.29, 1.82) is 0 Å². The molecule has 0 saturated carbocycles. The van der Waals surface area contributed by atoms with Crippen LogP contribution >= 0.6 is 0 Å². The second kappa shape index (κ2) is 7.60. The van der Waals surface area contributed by atoms with Crippen molar-refractivity contribution in [2.45, 2.75) is 26.7 Å². The maximum Gasteiger partial charge on any atom is 0.250 e. The van der Waals surface area contributed by atoms with Crippen molar-refractivity contribution >= 4 is 5.91 Å². The van der Waals surface area contributed by atoms with Gasteiger partial charge in [-0.25, -0.2) is 4.98 Å². The van der Waals surface area contributed by atoms with Crippen molar-refractivity contribution in [2.24, 2.45) is 5.92 Å². The van der Waals surface area contributed by atoms with Gasteiger partial charge in [0.2, 0.25) is 5.91 Å². The normalized spacial score (nSPS) is 18.2. The van der Waals surface area contributed by atoms with Crippen LogP contribution in [0.3, 0.4) is 0 Å². The van der Waals surface area contributed by atoms with Crippen molar-refractivity contribution in [3.8, 4) is 0 Å². The lowest BCUT2D eigenvalue weighted by molar-refractivity contribution is -0.130. The molecule has 1 aliphatic rings. The third-order valence-corrected chi connectivity index (χ3v) is 4.53. The number of carbonyl (C=O) groups excluding carboxylic acids is 1. The lowest BCUT2D eigenvalue weighted by Crippen LogP contribution is -2.37. The van der Waals surface area contributed by atoms with E-state index in [1.165, 1.54) is 12.4 Å². The van der Waals surface area contributed by atoms with E-state index in [-0.39, 0.29) is 17.4 Å². The Hall–Kier alpha value is -2.48. The molecule has 8 nitrogen and oxygen atoms in total. The van der Waals surface area contributed by atoms with Gasteiger partial charge >= 0.3 is 0 Å². The highest BCUT2D eigenvalue weighted by atomic mass is 16.5. The van der Waals surface area contributed by atoms with Crippen molar-refractivity contribution < 1.29 is 9.53 Å². The first-order valence-corrected chi connectivity index (χ1v) is 8.42. The largest absolute Gasteiger partial charge is 0.379 e. The van der Waals surface area contributed by atoms with Crippen LogP contribution in [0.1, 0.15) is 22.6 Å². The third kappa shape index (κ3) is 4.33. The molecule has 1 aliphatic heterocycles. The molecule has 25 heavy (non-hydrogen) atoms. The molecule has 2 aromatic rings. The number of hydrogen-bond donors (Lipinski definition) is 2. The fraction of sp³-hybridized carbons (Fsp3) is 0.529. The summed E-state index contributed by atoms with van der Waals surface area (Å²) in [5, 5.41) is 7.07.